The number of unbranched alkanes of at least 4 members (excludes halogenated alkanes) is 19. The second kappa shape index (κ2) is 40.2. The Balaban J connectivity index is 5.17. The number of hydrogen-bond acceptors (Lipinski definition) is 6. The summed E-state index contributed by atoms with van der Waals surface area (Å²) in [7, 11) is 0. The van der Waals surface area contributed by atoms with Crippen molar-refractivity contribution in [3.05, 3.63) is 0 Å². The molecule has 0 radical (unpaired) electrons. The zero-order valence-corrected chi connectivity index (χ0v) is 50.6. The number of carbonyl (C=O) groups excluding carboxylic acids is 2. The Morgan fingerprint density at radius 2 is 0.743 bits per heavy atom. The fourth-order valence-corrected chi connectivity index (χ4v) is 10.8. The van der Waals surface area contributed by atoms with Crippen LogP contribution < -0.4 is 10.6 Å². The van der Waals surface area contributed by atoms with E-state index in [0.29, 0.717) is 24.0 Å². The van der Waals surface area contributed by atoms with Gasteiger partial charge in [-0.3, -0.25) is 20.2 Å². The maximum atomic E-state index is 13.2. The van der Waals surface area contributed by atoms with E-state index in [1.807, 2.05) is 0 Å². The maximum absolute atomic E-state index is 13.2. The monoisotopic (exact) mass is 989 g/mol. The highest BCUT2D eigenvalue weighted by molar-refractivity contribution is 5.76. The minimum absolute atomic E-state index is 0.0622. The minimum Gasteiger partial charge on any atom is -0.465 e. The van der Waals surface area contributed by atoms with Crippen molar-refractivity contribution in [3.8, 4) is 0 Å². The third-order valence-corrected chi connectivity index (χ3v) is 14.9. The van der Waals surface area contributed by atoms with Crippen LogP contribution in [0.5, 0.6) is 0 Å². The lowest BCUT2D eigenvalue weighted by molar-refractivity contribution is -0.148. The van der Waals surface area contributed by atoms with Crippen LogP contribution in [0, 0.1) is 34.5 Å². The molecule has 418 valence electrons. The summed E-state index contributed by atoms with van der Waals surface area (Å²) in [6, 6.07) is -0.435. The molecule has 0 spiro atoms. The van der Waals surface area contributed by atoms with Gasteiger partial charge in [-0.1, -0.05) is 236 Å². The summed E-state index contributed by atoms with van der Waals surface area (Å²) in [4.78, 5) is 26.3. The van der Waals surface area contributed by atoms with E-state index in [2.05, 4.69) is 121 Å². The van der Waals surface area contributed by atoms with Crippen LogP contribution in [-0.2, 0) is 19.1 Å². The topological polar surface area (TPSA) is 76.7 Å². The van der Waals surface area contributed by atoms with E-state index >= 15 is 0 Å². The van der Waals surface area contributed by atoms with Crippen LogP contribution in [0.3, 0.4) is 0 Å². The molecular weight excluding hydrogens is 861 g/mol. The summed E-state index contributed by atoms with van der Waals surface area (Å²) < 4.78 is 11.7. The molecule has 0 fully saturated rings. The molecule has 0 amide bonds. The van der Waals surface area contributed by atoms with E-state index in [0.717, 1.165) is 87.9 Å². The fraction of sp³-hybridized carbons (Fsp3) is 0.969. The quantitative estimate of drug-likeness (QED) is 0.0468. The Kier molecular flexibility index (Phi) is 39.6. The van der Waals surface area contributed by atoms with Crippen molar-refractivity contribution in [2.75, 3.05) is 13.2 Å². The molecule has 70 heavy (non-hydrogen) atoms. The third kappa shape index (κ3) is 43.3. The summed E-state index contributed by atoms with van der Waals surface area (Å²) in [6.45, 7) is 37.6. The summed E-state index contributed by atoms with van der Waals surface area (Å²) in [5.41, 5.74) is 0.440. The molecule has 6 atom stereocenters. The van der Waals surface area contributed by atoms with E-state index in [1.165, 1.54) is 154 Å². The Morgan fingerprint density at radius 3 is 1.14 bits per heavy atom. The molecule has 0 heterocycles. The Bertz CT molecular complexity index is 1220. The van der Waals surface area contributed by atoms with Gasteiger partial charge in [-0.25, -0.2) is 0 Å². The number of nitrogens with one attached hydrogen (secondary N) is 2. The molecule has 0 saturated heterocycles. The van der Waals surface area contributed by atoms with Gasteiger partial charge < -0.3 is 9.47 Å². The number of hydrogen-bond donors (Lipinski definition) is 2. The van der Waals surface area contributed by atoms with Crippen molar-refractivity contribution in [2.24, 2.45) is 34.5 Å². The molecule has 0 aliphatic rings. The molecular formula is C64H128N2O4. The molecule has 0 aromatic heterocycles. The predicted molar refractivity (Wildman–Crippen MR) is 308 cm³/mol. The molecule has 0 aromatic carbocycles. The van der Waals surface area contributed by atoms with Crippen LogP contribution in [0.15, 0.2) is 0 Å². The van der Waals surface area contributed by atoms with Gasteiger partial charge in [0.05, 0.1) is 13.2 Å². The molecule has 0 aliphatic carbocycles. The van der Waals surface area contributed by atoms with Gasteiger partial charge in [-0.2, -0.15) is 0 Å². The van der Waals surface area contributed by atoms with Crippen LogP contribution in [0.4, 0.5) is 0 Å². The third-order valence-electron chi connectivity index (χ3n) is 14.9. The summed E-state index contributed by atoms with van der Waals surface area (Å²) in [5, 5.41) is 7.09. The summed E-state index contributed by atoms with van der Waals surface area (Å²) >= 11 is 0. The zero-order chi connectivity index (χ0) is 52.9. The lowest BCUT2D eigenvalue weighted by Gasteiger charge is -2.34. The lowest BCUT2D eigenvalue weighted by atomic mass is 9.71. The van der Waals surface area contributed by atoms with E-state index in [4.69, 9.17) is 9.47 Å². The fourth-order valence-electron chi connectivity index (χ4n) is 10.8. The van der Waals surface area contributed by atoms with E-state index in [-0.39, 0.29) is 35.1 Å². The van der Waals surface area contributed by atoms with Crippen LogP contribution in [0.1, 0.15) is 329 Å². The number of rotatable bonds is 45. The van der Waals surface area contributed by atoms with Crippen LogP contribution in [0.2, 0.25) is 0 Å². The molecule has 0 saturated carbocycles. The maximum Gasteiger partial charge on any atom is 0.323 e. The normalized spacial score (nSPS) is 15.4. The smallest absolute Gasteiger partial charge is 0.323 e. The Morgan fingerprint density at radius 1 is 0.400 bits per heavy atom. The molecule has 0 aliphatic heterocycles. The van der Waals surface area contributed by atoms with Gasteiger partial charge in [0, 0.05) is 11.1 Å². The van der Waals surface area contributed by atoms with Crippen LogP contribution in [-0.4, -0.2) is 48.3 Å². The molecule has 0 rings (SSSR count). The van der Waals surface area contributed by atoms with Crippen molar-refractivity contribution in [1.29, 1.82) is 0 Å². The SMILES string of the molecule is CCCCCCC(C)CC(CCCCCCCCOC(=O)C(CCCCC(C)(C)C)NC(C)(C)C)C(CCCCCCCCCOC(=O)C(CCCCC(C)(C)C)NC(C)(C)C)C(C)CCCCCC. The van der Waals surface area contributed by atoms with Crippen LogP contribution >= 0.6 is 0 Å². The molecule has 6 heteroatoms. The van der Waals surface area contributed by atoms with Crippen molar-refractivity contribution in [2.45, 2.75) is 352 Å². The highest BCUT2D eigenvalue weighted by Crippen LogP contribution is 2.38. The standard InChI is InChI=1S/C64H128N2O4/c1-17-19-21-32-42-53(3)52-55(44-34-28-25-27-31-41-51-70-60(68)58(66-64(14,15)16)47-37-39-49-62(8,9)10)56(54(4)43-33-22-20-18-2)45-35-29-24-23-26-30-40-50-69-59(67)57(65-63(11,12)13)46-36-38-48-61(5,6)7/h53-58,65-66H,17-52H2,1-16H3. The highest BCUT2D eigenvalue weighted by Gasteiger charge is 2.29. The zero-order valence-electron chi connectivity index (χ0n) is 50.6. The molecule has 6 unspecified atom stereocenters. The van der Waals surface area contributed by atoms with Gasteiger partial charge in [-0.15, -0.1) is 0 Å². The van der Waals surface area contributed by atoms with Gasteiger partial charge in [0.1, 0.15) is 12.1 Å². The van der Waals surface area contributed by atoms with Gasteiger partial charge in [0.25, 0.3) is 0 Å². The first-order chi connectivity index (χ1) is 32.9. The number of carbonyl (C=O) groups is 2. The summed E-state index contributed by atoms with van der Waals surface area (Å²) in [6.07, 6.45) is 42.5. The van der Waals surface area contributed by atoms with E-state index in [9.17, 15) is 9.59 Å². The van der Waals surface area contributed by atoms with Gasteiger partial charge in [0.2, 0.25) is 0 Å². The van der Waals surface area contributed by atoms with Gasteiger partial charge in [-0.05, 0) is 127 Å². The Labute approximate surface area is 439 Å². The highest BCUT2D eigenvalue weighted by atomic mass is 16.5. The molecule has 6 nitrogen and oxygen atoms in total. The van der Waals surface area contributed by atoms with E-state index < -0.39 is 0 Å². The molecule has 0 aromatic rings. The Hall–Kier alpha value is -1.14. The van der Waals surface area contributed by atoms with Gasteiger partial charge >= 0.3 is 11.9 Å². The lowest BCUT2D eigenvalue weighted by Crippen LogP contribution is -2.48. The van der Waals surface area contributed by atoms with Crippen molar-refractivity contribution < 1.29 is 19.1 Å². The average Bonchev–Trinajstić information content (AvgIpc) is 3.25. The van der Waals surface area contributed by atoms with Crippen LogP contribution in [0.25, 0.3) is 0 Å². The van der Waals surface area contributed by atoms with Crippen molar-refractivity contribution >= 4 is 11.9 Å². The largest absolute Gasteiger partial charge is 0.465 e. The second-order valence-corrected chi connectivity index (χ2v) is 27.5. The number of esters is 2. The molecule has 0 bridgehead atoms. The first kappa shape index (κ1) is 68.9. The van der Waals surface area contributed by atoms with Gasteiger partial charge in [0.15, 0.2) is 0 Å². The first-order valence-electron chi connectivity index (χ1n) is 30.8. The average molecular weight is 990 g/mol. The second-order valence-electron chi connectivity index (χ2n) is 27.5. The van der Waals surface area contributed by atoms with Crippen molar-refractivity contribution in [3.63, 3.8) is 0 Å². The minimum atomic E-state index is -0.218. The predicted octanol–water partition coefficient (Wildman–Crippen LogP) is 19.5. The van der Waals surface area contributed by atoms with Crippen molar-refractivity contribution in [1.82, 2.24) is 10.6 Å². The summed E-state index contributed by atoms with van der Waals surface area (Å²) in [5.74, 6) is 3.19. The van der Waals surface area contributed by atoms with E-state index in [1.54, 1.807) is 0 Å². The first-order valence-corrected chi connectivity index (χ1v) is 30.8. The number of ether oxygens (including phenoxy) is 2. The molecule has 2 N–H and O–H groups in total.